The number of para-hydroxylation sites is 1. The first kappa shape index (κ1) is 18.6. The van der Waals surface area contributed by atoms with Crippen LogP contribution < -0.4 is 9.64 Å². The van der Waals surface area contributed by atoms with Crippen LogP contribution in [0.3, 0.4) is 0 Å². The van der Waals surface area contributed by atoms with Gasteiger partial charge >= 0.3 is 5.72 Å². The number of hydrazone groups is 1. The van der Waals surface area contributed by atoms with Gasteiger partial charge in [-0.05, 0) is 36.8 Å². The molecular weight excluding hydrogens is 454 g/mol. The minimum atomic E-state index is -1.30. The number of carbonyl (C=O) groups excluding carboxylic acids is 1. The lowest BCUT2D eigenvalue weighted by Crippen LogP contribution is -2.56. The second-order valence-electron chi connectivity index (χ2n) is 8.29. The quantitative estimate of drug-likeness (QED) is 0.491. The van der Waals surface area contributed by atoms with Gasteiger partial charge in [0.25, 0.3) is 5.91 Å². The number of rotatable bonds is 1. The van der Waals surface area contributed by atoms with Crippen LogP contribution in [0.2, 0.25) is 0 Å². The molecule has 2 atom stereocenters. The molecule has 31 heavy (non-hydrogen) atoms. The molecule has 0 fully saturated rings. The summed E-state index contributed by atoms with van der Waals surface area (Å²) < 4.78 is 7.55. The van der Waals surface area contributed by atoms with Crippen molar-refractivity contribution in [2.24, 2.45) is 5.10 Å². The van der Waals surface area contributed by atoms with E-state index >= 15 is 0 Å². The van der Waals surface area contributed by atoms with Crippen LogP contribution >= 0.6 is 15.9 Å². The minimum Gasteiger partial charge on any atom is -0.453 e. The van der Waals surface area contributed by atoms with Gasteiger partial charge in [0, 0.05) is 23.5 Å². The molecule has 1 amide bonds. The van der Waals surface area contributed by atoms with Crippen LogP contribution in [0, 0.1) is 6.92 Å². The van der Waals surface area contributed by atoms with Crippen molar-refractivity contribution in [1.82, 2.24) is 5.01 Å². The van der Waals surface area contributed by atoms with Crippen LogP contribution in [0.1, 0.15) is 34.7 Å². The molecule has 3 aliphatic heterocycles. The average molecular weight is 474 g/mol. The summed E-state index contributed by atoms with van der Waals surface area (Å²) in [6.45, 7) is 2.07. The third-order valence-electron chi connectivity index (χ3n) is 6.43. The maximum Gasteiger partial charge on any atom is 0.306 e. The van der Waals surface area contributed by atoms with Crippen LogP contribution in [0.15, 0.2) is 76.3 Å². The third kappa shape index (κ3) is 2.48. The van der Waals surface area contributed by atoms with Crippen molar-refractivity contribution in [3.05, 3.63) is 93.5 Å². The van der Waals surface area contributed by atoms with Crippen molar-refractivity contribution >= 4 is 33.2 Å². The molecule has 1 spiro atoms. The molecule has 6 heteroatoms. The van der Waals surface area contributed by atoms with E-state index in [1.165, 1.54) is 5.56 Å². The van der Waals surface area contributed by atoms with Crippen LogP contribution in [0.5, 0.6) is 5.75 Å². The fraction of sp³-hybridized carbons (Fsp3) is 0.200. The Bertz CT molecular complexity index is 1270. The highest BCUT2D eigenvalue weighted by atomic mass is 79.9. The van der Waals surface area contributed by atoms with E-state index < -0.39 is 5.72 Å². The van der Waals surface area contributed by atoms with Gasteiger partial charge in [0.1, 0.15) is 5.75 Å². The molecule has 0 N–H and O–H groups in total. The summed E-state index contributed by atoms with van der Waals surface area (Å²) in [5.41, 5.74) is 4.64. The summed E-state index contributed by atoms with van der Waals surface area (Å²) in [5.74, 6) is 0.601. The maximum absolute atomic E-state index is 13.7. The van der Waals surface area contributed by atoms with E-state index in [-0.39, 0.29) is 11.9 Å². The third-order valence-corrected chi connectivity index (χ3v) is 6.92. The molecule has 0 bridgehead atoms. The predicted molar refractivity (Wildman–Crippen MR) is 123 cm³/mol. The molecule has 6 rings (SSSR count). The Kier molecular flexibility index (Phi) is 3.87. The van der Waals surface area contributed by atoms with Crippen molar-refractivity contribution in [2.45, 2.75) is 25.1 Å². The van der Waals surface area contributed by atoms with Gasteiger partial charge < -0.3 is 9.64 Å². The number of aryl methyl sites for hydroxylation is 1. The summed E-state index contributed by atoms with van der Waals surface area (Å²) >= 11 is 3.59. The van der Waals surface area contributed by atoms with Crippen molar-refractivity contribution in [3.63, 3.8) is 0 Å². The normalized spacial score (nSPS) is 23.4. The number of fused-ring (bicyclic) bond motifs is 6. The van der Waals surface area contributed by atoms with E-state index in [1.807, 2.05) is 41.4 Å². The summed E-state index contributed by atoms with van der Waals surface area (Å²) in [5, 5.41) is 6.91. The molecule has 5 nitrogen and oxygen atoms in total. The van der Waals surface area contributed by atoms with E-state index in [1.54, 1.807) is 11.9 Å². The monoisotopic (exact) mass is 473 g/mol. The molecule has 0 saturated carbocycles. The number of anilines is 1. The zero-order valence-electron chi connectivity index (χ0n) is 17.2. The first-order valence-electron chi connectivity index (χ1n) is 10.3. The second kappa shape index (κ2) is 6.44. The summed E-state index contributed by atoms with van der Waals surface area (Å²) in [4.78, 5) is 15.4. The Balaban J connectivity index is 1.58. The predicted octanol–water partition coefficient (Wildman–Crippen LogP) is 5.13. The SMILES string of the molecule is Cc1ccc(C2=NN3C(C2)c2cc(Br)ccc2OC32C(=O)N(C)c3ccccc32)cc1. The first-order chi connectivity index (χ1) is 15.0. The van der Waals surface area contributed by atoms with Crippen molar-refractivity contribution in [2.75, 3.05) is 11.9 Å². The van der Waals surface area contributed by atoms with Gasteiger partial charge in [-0.25, -0.2) is 5.01 Å². The molecule has 0 saturated heterocycles. The maximum atomic E-state index is 13.7. The van der Waals surface area contributed by atoms with Crippen LogP contribution in [-0.2, 0) is 10.5 Å². The Morgan fingerprint density at radius 1 is 1.10 bits per heavy atom. The number of carbonyl (C=O) groups is 1. The van der Waals surface area contributed by atoms with E-state index in [4.69, 9.17) is 9.84 Å². The second-order valence-corrected chi connectivity index (χ2v) is 9.20. The molecule has 0 aromatic heterocycles. The van der Waals surface area contributed by atoms with Crippen molar-refractivity contribution in [3.8, 4) is 5.75 Å². The molecular formula is C25H20BrN3O2. The number of benzene rings is 3. The minimum absolute atomic E-state index is 0.0962. The summed E-state index contributed by atoms with van der Waals surface area (Å²) in [6.07, 6.45) is 0.705. The van der Waals surface area contributed by atoms with Crippen LogP contribution in [0.25, 0.3) is 0 Å². The Morgan fingerprint density at radius 3 is 2.68 bits per heavy atom. The Hall–Kier alpha value is -3.12. The first-order valence-corrected chi connectivity index (χ1v) is 11.1. The smallest absolute Gasteiger partial charge is 0.306 e. The molecule has 3 heterocycles. The van der Waals surface area contributed by atoms with Gasteiger partial charge in [-0.3, -0.25) is 4.79 Å². The molecule has 2 unspecified atom stereocenters. The van der Waals surface area contributed by atoms with Crippen molar-refractivity contribution in [1.29, 1.82) is 0 Å². The fourth-order valence-electron chi connectivity index (χ4n) is 4.87. The molecule has 3 aromatic rings. The number of halogens is 1. The average Bonchev–Trinajstić information content (AvgIpc) is 3.32. The Morgan fingerprint density at radius 2 is 1.87 bits per heavy atom. The summed E-state index contributed by atoms with van der Waals surface area (Å²) in [7, 11) is 1.80. The number of nitrogens with zero attached hydrogens (tertiary/aromatic N) is 3. The van der Waals surface area contributed by atoms with E-state index in [0.717, 1.165) is 38.3 Å². The molecule has 0 aliphatic carbocycles. The van der Waals surface area contributed by atoms with Crippen molar-refractivity contribution < 1.29 is 9.53 Å². The number of hydrogen-bond donors (Lipinski definition) is 0. The lowest BCUT2D eigenvalue weighted by atomic mass is 9.92. The highest BCUT2D eigenvalue weighted by molar-refractivity contribution is 9.10. The number of hydrogen-bond acceptors (Lipinski definition) is 4. The Labute approximate surface area is 189 Å². The van der Waals surface area contributed by atoms with Crippen LogP contribution in [0.4, 0.5) is 5.69 Å². The van der Waals surface area contributed by atoms with E-state index in [2.05, 4.69) is 53.2 Å². The fourth-order valence-corrected chi connectivity index (χ4v) is 5.25. The summed E-state index contributed by atoms with van der Waals surface area (Å²) in [6, 6.07) is 22.1. The number of ether oxygens (including phenoxy) is 1. The standard InChI is InChI=1S/C25H20BrN3O2/c1-15-7-9-16(10-8-15)20-14-22-18-13-17(26)11-12-23(18)31-25(29(22)27-20)19-5-3-4-6-21(19)28(2)24(25)30/h3-13,22H,14H2,1-2H3. The number of amides is 1. The molecule has 3 aliphatic rings. The van der Waals surface area contributed by atoms with E-state index in [9.17, 15) is 4.79 Å². The largest absolute Gasteiger partial charge is 0.453 e. The highest BCUT2D eigenvalue weighted by Crippen LogP contribution is 2.55. The lowest BCUT2D eigenvalue weighted by Gasteiger charge is -2.44. The van der Waals surface area contributed by atoms with Gasteiger partial charge in [0.15, 0.2) is 0 Å². The van der Waals surface area contributed by atoms with Gasteiger partial charge in [-0.1, -0.05) is 64.0 Å². The number of likely N-dealkylation sites (N-methyl/N-ethyl adjacent to an activating group) is 1. The molecule has 0 radical (unpaired) electrons. The zero-order chi connectivity index (χ0) is 21.3. The van der Waals surface area contributed by atoms with Crippen LogP contribution in [-0.4, -0.2) is 23.7 Å². The lowest BCUT2D eigenvalue weighted by molar-refractivity contribution is -0.163. The van der Waals surface area contributed by atoms with Gasteiger partial charge in [-0.15, -0.1) is 0 Å². The molecule has 154 valence electrons. The topological polar surface area (TPSA) is 45.1 Å². The molecule has 3 aromatic carbocycles. The van der Waals surface area contributed by atoms with Gasteiger partial charge in [0.2, 0.25) is 0 Å². The van der Waals surface area contributed by atoms with Gasteiger partial charge in [0.05, 0.1) is 23.0 Å². The van der Waals surface area contributed by atoms with E-state index in [0.29, 0.717) is 6.42 Å². The zero-order valence-corrected chi connectivity index (χ0v) is 18.8. The highest BCUT2D eigenvalue weighted by Gasteiger charge is 2.62. The van der Waals surface area contributed by atoms with Gasteiger partial charge in [-0.2, -0.15) is 5.10 Å².